The number of aryl methyl sites for hydroxylation is 1. The summed E-state index contributed by atoms with van der Waals surface area (Å²) in [5.74, 6) is 0.557. The molecule has 0 amide bonds. The van der Waals surface area contributed by atoms with Gasteiger partial charge in [-0.05, 0) is 18.4 Å². The minimum Gasteiger partial charge on any atom is -0.331 e. The van der Waals surface area contributed by atoms with E-state index in [0.717, 1.165) is 19.5 Å². The highest BCUT2D eigenvalue weighted by Crippen LogP contribution is 2.14. The van der Waals surface area contributed by atoms with Crippen LogP contribution in [0.1, 0.15) is 46.7 Å². The van der Waals surface area contributed by atoms with Crippen molar-refractivity contribution in [3.63, 3.8) is 0 Å². The quantitative estimate of drug-likeness (QED) is 0.803. The fourth-order valence-electron chi connectivity index (χ4n) is 1.81. The van der Waals surface area contributed by atoms with Gasteiger partial charge in [-0.1, -0.05) is 40.2 Å². The predicted octanol–water partition coefficient (Wildman–Crippen LogP) is 3.33. The molecule has 0 aliphatic rings. The summed E-state index contributed by atoms with van der Waals surface area (Å²) in [7, 11) is 0. The third-order valence-corrected chi connectivity index (χ3v) is 3.00. The first-order chi connectivity index (χ1) is 8.54. The Morgan fingerprint density at radius 3 is 2.67 bits per heavy atom. The zero-order chi connectivity index (χ0) is 13.5. The third kappa shape index (κ3) is 4.65. The van der Waals surface area contributed by atoms with Crippen molar-refractivity contribution in [1.82, 2.24) is 14.9 Å². The Bertz CT molecular complexity index is 375. The van der Waals surface area contributed by atoms with E-state index in [4.69, 9.17) is 0 Å². The average Bonchev–Trinajstić information content (AvgIpc) is 2.71. The van der Waals surface area contributed by atoms with Crippen molar-refractivity contribution in [3.8, 4) is 0 Å². The van der Waals surface area contributed by atoms with Crippen molar-refractivity contribution in [2.24, 2.45) is 5.92 Å². The van der Waals surface area contributed by atoms with Crippen LogP contribution in [0.25, 0.3) is 6.08 Å². The monoisotopic (exact) mass is 249 g/mol. The molecule has 1 rings (SSSR count). The molecule has 1 heterocycles. The van der Waals surface area contributed by atoms with Crippen molar-refractivity contribution < 1.29 is 0 Å². The van der Waals surface area contributed by atoms with Crippen LogP contribution < -0.4 is 5.32 Å². The van der Waals surface area contributed by atoms with Crippen LogP contribution in [-0.4, -0.2) is 22.1 Å². The topological polar surface area (TPSA) is 29.9 Å². The van der Waals surface area contributed by atoms with E-state index < -0.39 is 0 Å². The summed E-state index contributed by atoms with van der Waals surface area (Å²) >= 11 is 0. The maximum Gasteiger partial charge on any atom is 0.0950 e. The Labute approximate surface area is 111 Å². The normalized spacial score (nSPS) is 12.7. The molecule has 0 radical (unpaired) electrons. The molecule has 0 aliphatic carbocycles. The van der Waals surface area contributed by atoms with E-state index in [1.165, 1.54) is 11.3 Å². The molecule has 0 aliphatic heterocycles. The molecule has 1 aromatic heterocycles. The lowest BCUT2D eigenvalue weighted by Gasteiger charge is -2.15. The van der Waals surface area contributed by atoms with Gasteiger partial charge in [-0.25, -0.2) is 4.98 Å². The van der Waals surface area contributed by atoms with Crippen LogP contribution >= 0.6 is 0 Å². The summed E-state index contributed by atoms with van der Waals surface area (Å²) in [5, 5.41) is 3.49. The SMILES string of the molecule is CCCn1cncc1C=C(CNC(C)C)C(C)C. The Morgan fingerprint density at radius 2 is 2.11 bits per heavy atom. The number of hydrogen-bond donors (Lipinski definition) is 1. The summed E-state index contributed by atoms with van der Waals surface area (Å²) in [6.07, 6.45) is 7.29. The lowest BCUT2D eigenvalue weighted by Crippen LogP contribution is -2.26. The van der Waals surface area contributed by atoms with Gasteiger partial charge < -0.3 is 9.88 Å². The second-order valence-corrected chi connectivity index (χ2v) is 5.42. The molecule has 3 nitrogen and oxygen atoms in total. The molecule has 102 valence electrons. The molecule has 0 atom stereocenters. The second-order valence-electron chi connectivity index (χ2n) is 5.42. The van der Waals surface area contributed by atoms with E-state index in [0.29, 0.717) is 12.0 Å². The maximum atomic E-state index is 4.25. The Morgan fingerprint density at radius 1 is 1.39 bits per heavy atom. The molecule has 0 saturated carbocycles. The van der Waals surface area contributed by atoms with E-state index >= 15 is 0 Å². The summed E-state index contributed by atoms with van der Waals surface area (Å²) in [6, 6.07) is 0.521. The molecule has 1 N–H and O–H groups in total. The van der Waals surface area contributed by atoms with Crippen molar-refractivity contribution >= 4 is 6.08 Å². The predicted molar refractivity (Wildman–Crippen MR) is 78.5 cm³/mol. The molecular formula is C15H27N3. The smallest absolute Gasteiger partial charge is 0.0950 e. The lowest BCUT2D eigenvalue weighted by molar-refractivity contribution is 0.592. The standard InChI is InChI=1S/C15H27N3/c1-6-7-18-11-16-10-15(18)8-14(12(2)3)9-17-13(4)5/h8,10-13,17H,6-7,9H2,1-5H3. The van der Waals surface area contributed by atoms with Crippen molar-refractivity contribution in [2.45, 2.75) is 53.6 Å². The molecule has 0 spiro atoms. The zero-order valence-corrected chi connectivity index (χ0v) is 12.4. The average molecular weight is 249 g/mol. The Hall–Kier alpha value is -1.09. The summed E-state index contributed by atoms with van der Waals surface area (Å²) in [4.78, 5) is 4.25. The van der Waals surface area contributed by atoms with Crippen LogP contribution in [0.15, 0.2) is 18.1 Å². The molecule has 0 unspecified atom stereocenters. The fraction of sp³-hybridized carbons (Fsp3) is 0.667. The van der Waals surface area contributed by atoms with Gasteiger partial charge in [-0.3, -0.25) is 0 Å². The molecule has 18 heavy (non-hydrogen) atoms. The molecule has 0 aromatic carbocycles. The minimum atomic E-state index is 0.521. The summed E-state index contributed by atoms with van der Waals surface area (Å²) < 4.78 is 2.22. The van der Waals surface area contributed by atoms with Gasteiger partial charge in [0.25, 0.3) is 0 Å². The van der Waals surface area contributed by atoms with Crippen LogP contribution in [0.2, 0.25) is 0 Å². The first-order valence-corrected chi connectivity index (χ1v) is 6.98. The molecule has 0 fully saturated rings. The fourth-order valence-corrected chi connectivity index (χ4v) is 1.81. The molecule has 0 saturated heterocycles. The number of nitrogens with one attached hydrogen (secondary N) is 1. The van der Waals surface area contributed by atoms with E-state index in [2.05, 4.69) is 55.6 Å². The van der Waals surface area contributed by atoms with Crippen LogP contribution in [0.4, 0.5) is 0 Å². The van der Waals surface area contributed by atoms with Gasteiger partial charge in [0.05, 0.1) is 18.2 Å². The van der Waals surface area contributed by atoms with Crippen molar-refractivity contribution in [1.29, 1.82) is 0 Å². The number of imidazole rings is 1. The summed E-state index contributed by atoms with van der Waals surface area (Å²) in [5.41, 5.74) is 2.65. The first kappa shape index (κ1) is 15.0. The molecule has 3 heteroatoms. The van der Waals surface area contributed by atoms with Gasteiger partial charge in [0, 0.05) is 19.1 Å². The van der Waals surface area contributed by atoms with Crippen LogP contribution in [0.3, 0.4) is 0 Å². The highest BCUT2D eigenvalue weighted by molar-refractivity contribution is 5.49. The van der Waals surface area contributed by atoms with Gasteiger partial charge in [-0.2, -0.15) is 0 Å². The van der Waals surface area contributed by atoms with E-state index in [1.54, 1.807) is 0 Å². The number of hydrogen-bond acceptors (Lipinski definition) is 2. The van der Waals surface area contributed by atoms with Gasteiger partial charge in [-0.15, -0.1) is 0 Å². The van der Waals surface area contributed by atoms with Crippen LogP contribution in [0.5, 0.6) is 0 Å². The largest absolute Gasteiger partial charge is 0.331 e. The van der Waals surface area contributed by atoms with Gasteiger partial charge >= 0.3 is 0 Å². The van der Waals surface area contributed by atoms with Crippen LogP contribution in [0, 0.1) is 5.92 Å². The zero-order valence-electron chi connectivity index (χ0n) is 12.4. The van der Waals surface area contributed by atoms with E-state index in [9.17, 15) is 0 Å². The van der Waals surface area contributed by atoms with E-state index in [1.807, 2.05) is 12.5 Å². The van der Waals surface area contributed by atoms with Crippen LogP contribution in [-0.2, 0) is 6.54 Å². The van der Waals surface area contributed by atoms with Gasteiger partial charge in [0.2, 0.25) is 0 Å². The maximum absolute atomic E-state index is 4.25. The highest BCUT2D eigenvalue weighted by atomic mass is 15.0. The molecule has 0 bridgehead atoms. The number of nitrogens with zero attached hydrogens (tertiary/aromatic N) is 2. The number of aromatic nitrogens is 2. The van der Waals surface area contributed by atoms with Crippen molar-refractivity contribution in [3.05, 3.63) is 23.8 Å². The molecular weight excluding hydrogens is 222 g/mol. The number of rotatable bonds is 7. The lowest BCUT2D eigenvalue weighted by atomic mass is 10.0. The highest BCUT2D eigenvalue weighted by Gasteiger charge is 2.06. The van der Waals surface area contributed by atoms with Gasteiger partial charge in [0.1, 0.15) is 0 Å². The second kappa shape index (κ2) is 7.37. The molecule has 1 aromatic rings. The minimum absolute atomic E-state index is 0.521. The van der Waals surface area contributed by atoms with E-state index in [-0.39, 0.29) is 0 Å². The van der Waals surface area contributed by atoms with Gasteiger partial charge in [0.15, 0.2) is 0 Å². The Kier molecular flexibility index (Phi) is 6.13. The third-order valence-electron chi connectivity index (χ3n) is 3.00. The van der Waals surface area contributed by atoms with Crippen molar-refractivity contribution in [2.75, 3.05) is 6.54 Å². The summed E-state index contributed by atoms with van der Waals surface area (Å²) in [6.45, 7) is 13.0. The Balaban J connectivity index is 2.83. The first-order valence-electron chi connectivity index (χ1n) is 6.98.